The normalized spacial score (nSPS) is 14.7. The molecule has 3 aromatic rings. The number of fused-ring (bicyclic) bond motifs is 1. The number of aromatic nitrogens is 4. The van der Waals surface area contributed by atoms with Gasteiger partial charge >= 0.3 is 0 Å². The summed E-state index contributed by atoms with van der Waals surface area (Å²) < 4.78 is 18.1. The fourth-order valence-corrected chi connectivity index (χ4v) is 3.36. The lowest BCUT2D eigenvalue weighted by atomic mass is 9.97. The zero-order valence-electron chi connectivity index (χ0n) is 16.4. The summed E-state index contributed by atoms with van der Waals surface area (Å²) in [5.41, 5.74) is 2.24. The van der Waals surface area contributed by atoms with Gasteiger partial charge in [-0.25, -0.2) is 15.0 Å². The van der Waals surface area contributed by atoms with Crippen molar-refractivity contribution in [3.05, 3.63) is 42.1 Å². The molecule has 0 bridgehead atoms. The molecular weight excluding hydrogens is 374 g/mol. The minimum Gasteiger partial charge on any atom is -0.480 e. The van der Waals surface area contributed by atoms with Gasteiger partial charge in [0, 0.05) is 37.7 Å². The lowest BCUT2D eigenvalue weighted by molar-refractivity contribution is 0.0846. The molecule has 1 saturated heterocycles. The van der Waals surface area contributed by atoms with E-state index >= 15 is 0 Å². The predicted molar refractivity (Wildman–Crippen MR) is 106 cm³/mol. The van der Waals surface area contributed by atoms with E-state index in [1.807, 2.05) is 13.1 Å². The second kappa shape index (κ2) is 8.44. The molecule has 1 N–H and O–H groups in total. The van der Waals surface area contributed by atoms with E-state index in [0.29, 0.717) is 35.6 Å². The summed E-state index contributed by atoms with van der Waals surface area (Å²) in [7, 11) is 1.50. The molecule has 9 nitrogen and oxygen atoms in total. The lowest BCUT2D eigenvalue weighted by Gasteiger charge is -2.19. The van der Waals surface area contributed by atoms with E-state index < -0.39 is 0 Å². The van der Waals surface area contributed by atoms with Crippen LogP contribution in [0.3, 0.4) is 0 Å². The molecule has 152 valence electrons. The Morgan fingerprint density at radius 1 is 1.28 bits per heavy atom. The molecule has 0 atom stereocenters. The van der Waals surface area contributed by atoms with Crippen molar-refractivity contribution in [1.29, 1.82) is 0 Å². The minimum absolute atomic E-state index is 0.211. The van der Waals surface area contributed by atoms with Crippen LogP contribution in [0.5, 0.6) is 11.8 Å². The molecule has 1 fully saturated rings. The van der Waals surface area contributed by atoms with Gasteiger partial charge in [-0.15, -0.1) is 0 Å². The van der Waals surface area contributed by atoms with E-state index in [2.05, 4.69) is 15.3 Å². The molecule has 1 aliphatic rings. The number of nitrogens with zero attached hydrogens (tertiary/aromatic N) is 4. The molecule has 0 aliphatic carbocycles. The van der Waals surface area contributed by atoms with Crippen LogP contribution >= 0.6 is 0 Å². The number of methoxy groups -OCH3 is 1. The Kier molecular flexibility index (Phi) is 5.57. The average molecular weight is 397 g/mol. The topological polar surface area (TPSA) is 99.9 Å². The van der Waals surface area contributed by atoms with Crippen molar-refractivity contribution in [2.24, 2.45) is 0 Å². The Balaban J connectivity index is 1.67. The van der Waals surface area contributed by atoms with Crippen LogP contribution in [0.2, 0.25) is 0 Å². The third-order valence-electron chi connectivity index (χ3n) is 4.79. The summed E-state index contributed by atoms with van der Waals surface area (Å²) in [6, 6.07) is 3.43. The summed E-state index contributed by atoms with van der Waals surface area (Å²) in [5, 5.41) is 2.79. The molecule has 9 heteroatoms. The molecular formula is C20H23N5O4. The van der Waals surface area contributed by atoms with E-state index in [9.17, 15) is 4.79 Å². The van der Waals surface area contributed by atoms with Crippen LogP contribution in [-0.4, -0.2) is 52.2 Å². The molecule has 4 rings (SSSR count). The van der Waals surface area contributed by atoms with Crippen molar-refractivity contribution in [3.8, 4) is 11.8 Å². The van der Waals surface area contributed by atoms with Crippen LogP contribution in [0, 0.1) is 0 Å². The van der Waals surface area contributed by atoms with Crippen LogP contribution in [0.4, 0.5) is 5.69 Å². The molecule has 0 radical (unpaired) electrons. The molecule has 1 amide bonds. The SMILES string of the molecule is CCOc1nc(C(=O)Nc2cccnc2OC)cn2cc(C3CCOCC3)nc12. The third kappa shape index (κ3) is 4.00. The Morgan fingerprint density at radius 2 is 2.10 bits per heavy atom. The second-order valence-electron chi connectivity index (χ2n) is 6.66. The Bertz CT molecular complexity index is 1010. The third-order valence-corrected chi connectivity index (χ3v) is 4.79. The predicted octanol–water partition coefficient (Wildman–Crippen LogP) is 2.68. The first-order chi connectivity index (χ1) is 14.2. The fourth-order valence-electron chi connectivity index (χ4n) is 3.36. The number of nitrogens with one attached hydrogen (secondary N) is 1. The van der Waals surface area contributed by atoms with Crippen molar-refractivity contribution < 1.29 is 19.0 Å². The molecule has 3 aromatic heterocycles. The highest BCUT2D eigenvalue weighted by atomic mass is 16.5. The zero-order valence-corrected chi connectivity index (χ0v) is 16.4. The molecule has 4 heterocycles. The van der Waals surface area contributed by atoms with Gasteiger partial charge < -0.3 is 19.5 Å². The molecule has 0 spiro atoms. The van der Waals surface area contributed by atoms with Crippen molar-refractivity contribution >= 4 is 17.2 Å². The summed E-state index contributed by atoms with van der Waals surface area (Å²) in [6.45, 7) is 3.75. The van der Waals surface area contributed by atoms with Crippen LogP contribution in [0.15, 0.2) is 30.7 Å². The first-order valence-corrected chi connectivity index (χ1v) is 9.60. The Morgan fingerprint density at radius 3 is 2.86 bits per heavy atom. The van der Waals surface area contributed by atoms with E-state index in [0.717, 1.165) is 31.7 Å². The van der Waals surface area contributed by atoms with Crippen LogP contribution in [0.25, 0.3) is 5.65 Å². The monoisotopic (exact) mass is 397 g/mol. The fraction of sp³-hybridized carbons (Fsp3) is 0.400. The maximum absolute atomic E-state index is 12.8. The van der Waals surface area contributed by atoms with Crippen LogP contribution < -0.4 is 14.8 Å². The number of imidazole rings is 1. The summed E-state index contributed by atoms with van der Waals surface area (Å²) in [5.74, 6) is 0.600. The van der Waals surface area contributed by atoms with Crippen molar-refractivity contribution in [3.63, 3.8) is 0 Å². The minimum atomic E-state index is -0.388. The lowest BCUT2D eigenvalue weighted by Crippen LogP contribution is -2.16. The van der Waals surface area contributed by atoms with Gasteiger partial charge in [-0.05, 0) is 31.9 Å². The Labute approximate surface area is 168 Å². The van der Waals surface area contributed by atoms with Crippen LogP contribution in [0.1, 0.15) is 41.9 Å². The molecule has 1 aliphatic heterocycles. The van der Waals surface area contributed by atoms with Gasteiger partial charge in [0.2, 0.25) is 11.5 Å². The van der Waals surface area contributed by atoms with Gasteiger partial charge in [-0.3, -0.25) is 9.20 Å². The van der Waals surface area contributed by atoms with Gasteiger partial charge in [0.05, 0.1) is 19.4 Å². The molecule has 29 heavy (non-hydrogen) atoms. The number of carbonyl (C=O) groups is 1. The quantitative estimate of drug-likeness (QED) is 0.682. The van der Waals surface area contributed by atoms with Gasteiger partial charge in [-0.1, -0.05) is 0 Å². The largest absolute Gasteiger partial charge is 0.480 e. The van der Waals surface area contributed by atoms with E-state index in [1.165, 1.54) is 7.11 Å². The highest BCUT2D eigenvalue weighted by Gasteiger charge is 2.22. The second-order valence-corrected chi connectivity index (χ2v) is 6.66. The molecule has 0 aromatic carbocycles. The molecule has 0 unspecified atom stereocenters. The number of anilines is 1. The standard InChI is InChI=1S/C20H23N5O4/c1-3-29-20-17-22-15(13-6-9-28-10-7-13)11-25(17)12-16(24-20)18(26)23-14-5-4-8-21-19(14)27-2/h4-5,8,11-13H,3,6-7,9-10H2,1-2H3,(H,23,26). The number of carbonyl (C=O) groups excluding carboxylic acids is 1. The number of amides is 1. The molecule has 0 saturated carbocycles. The summed E-state index contributed by atoms with van der Waals surface area (Å²) in [6.07, 6.45) is 7.04. The van der Waals surface area contributed by atoms with E-state index in [1.54, 1.807) is 28.9 Å². The highest BCUT2D eigenvalue weighted by molar-refractivity contribution is 6.03. The van der Waals surface area contributed by atoms with Gasteiger partial charge in [-0.2, -0.15) is 0 Å². The summed E-state index contributed by atoms with van der Waals surface area (Å²) in [4.78, 5) is 26.0. The first kappa shape index (κ1) is 19.1. The van der Waals surface area contributed by atoms with E-state index in [-0.39, 0.29) is 11.6 Å². The first-order valence-electron chi connectivity index (χ1n) is 9.60. The number of hydrogen-bond donors (Lipinski definition) is 1. The number of ether oxygens (including phenoxy) is 3. The number of hydrogen-bond acceptors (Lipinski definition) is 7. The van der Waals surface area contributed by atoms with Crippen molar-refractivity contribution in [2.45, 2.75) is 25.7 Å². The van der Waals surface area contributed by atoms with E-state index in [4.69, 9.17) is 19.2 Å². The smallest absolute Gasteiger partial charge is 0.276 e. The average Bonchev–Trinajstić information content (AvgIpc) is 3.19. The zero-order chi connectivity index (χ0) is 20.2. The van der Waals surface area contributed by atoms with Crippen molar-refractivity contribution in [1.82, 2.24) is 19.4 Å². The Hall–Kier alpha value is -3.20. The maximum atomic E-state index is 12.8. The van der Waals surface area contributed by atoms with Gasteiger partial charge in [0.1, 0.15) is 11.4 Å². The van der Waals surface area contributed by atoms with Gasteiger partial charge in [0.25, 0.3) is 11.8 Å². The van der Waals surface area contributed by atoms with Crippen LogP contribution in [-0.2, 0) is 4.74 Å². The highest BCUT2D eigenvalue weighted by Crippen LogP contribution is 2.28. The number of rotatable bonds is 6. The number of pyridine rings is 1. The van der Waals surface area contributed by atoms with Gasteiger partial charge in [0.15, 0.2) is 0 Å². The summed E-state index contributed by atoms with van der Waals surface area (Å²) >= 11 is 0. The van der Waals surface area contributed by atoms with Crippen molar-refractivity contribution in [2.75, 3.05) is 32.2 Å². The maximum Gasteiger partial charge on any atom is 0.276 e.